The van der Waals surface area contributed by atoms with Crippen molar-refractivity contribution in [1.82, 2.24) is 5.32 Å². The highest BCUT2D eigenvalue weighted by atomic mass is 16.5. The number of nitrogens with zero attached hydrogens (tertiary/aromatic N) is 1. The Labute approximate surface area is 175 Å². The third-order valence-electron chi connectivity index (χ3n) is 5.52. The summed E-state index contributed by atoms with van der Waals surface area (Å²) in [5, 5.41) is 3.75. The number of aryl methyl sites for hydroxylation is 1. The van der Waals surface area contributed by atoms with Crippen molar-refractivity contribution in [3.8, 4) is 5.75 Å². The maximum absolute atomic E-state index is 13.0. The van der Waals surface area contributed by atoms with Gasteiger partial charge in [0.25, 0.3) is 5.91 Å². The molecule has 2 heterocycles. The van der Waals surface area contributed by atoms with Crippen LogP contribution in [0.3, 0.4) is 0 Å². The van der Waals surface area contributed by atoms with Crippen molar-refractivity contribution in [2.24, 2.45) is 4.99 Å². The van der Waals surface area contributed by atoms with Crippen molar-refractivity contribution >= 4 is 22.6 Å². The molecule has 0 saturated carbocycles. The van der Waals surface area contributed by atoms with Crippen LogP contribution < -0.4 is 15.6 Å². The van der Waals surface area contributed by atoms with Crippen molar-refractivity contribution in [1.29, 1.82) is 0 Å². The molecule has 1 N–H and O–H groups in total. The first-order chi connectivity index (χ1) is 14.6. The number of ether oxygens (including phenoxy) is 2. The number of para-hydroxylation sites is 1. The van der Waals surface area contributed by atoms with Crippen LogP contribution in [0.15, 0.2) is 51.9 Å². The normalized spacial score (nSPS) is 16.8. The maximum atomic E-state index is 13.0. The quantitative estimate of drug-likeness (QED) is 0.689. The first-order valence-electron chi connectivity index (χ1n) is 10.2. The molecule has 4 rings (SSSR count). The first-order valence-corrected chi connectivity index (χ1v) is 10.2. The summed E-state index contributed by atoms with van der Waals surface area (Å²) >= 11 is 0. The minimum Gasteiger partial charge on any atom is -0.493 e. The second-order valence-corrected chi connectivity index (χ2v) is 7.52. The molecule has 3 aromatic rings. The highest BCUT2D eigenvalue weighted by molar-refractivity contribution is 5.97. The van der Waals surface area contributed by atoms with E-state index in [1.807, 2.05) is 50.2 Å². The Bertz CT molecular complexity index is 1140. The largest absolute Gasteiger partial charge is 0.493 e. The Kier molecular flexibility index (Phi) is 5.86. The van der Waals surface area contributed by atoms with E-state index in [-0.39, 0.29) is 17.6 Å². The molecule has 0 bridgehead atoms. The number of carbonyl (C=O) groups is 1. The number of benzene rings is 2. The Hall–Kier alpha value is -3.12. The van der Waals surface area contributed by atoms with Gasteiger partial charge in [-0.1, -0.05) is 24.3 Å². The molecule has 1 fully saturated rings. The fourth-order valence-electron chi connectivity index (χ4n) is 3.60. The molecule has 1 aliphatic rings. The number of amides is 1. The van der Waals surface area contributed by atoms with E-state index in [9.17, 15) is 4.79 Å². The van der Waals surface area contributed by atoms with Crippen LogP contribution in [0.2, 0.25) is 0 Å². The van der Waals surface area contributed by atoms with Gasteiger partial charge in [0.2, 0.25) is 5.55 Å². The smallest absolute Gasteiger partial charge is 0.256 e. The third kappa shape index (κ3) is 4.09. The van der Waals surface area contributed by atoms with E-state index < -0.39 is 0 Å². The number of methoxy groups -OCH3 is 1. The van der Waals surface area contributed by atoms with Gasteiger partial charge in [-0.05, 0) is 56.0 Å². The van der Waals surface area contributed by atoms with Gasteiger partial charge in [0, 0.05) is 18.5 Å². The number of fused-ring (bicyclic) bond motifs is 1. The molecular weight excluding hydrogens is 380 g/mol. The number of carbonyl (C=O) groups excluding carboxylic acids is 1. The van der Waals surface area contributed by atoms with Gasteiger partial charge in [0.15, 0.2) is 11.3 Å². The summed E-state index contributed by atoms with van der Waals surface area (Å²) in [6.07, 6.45) is 2.05. The van der Waals surface area contributed by atoms with Crippen LogP contribution in [-0.2, 0) is 4.74 Å². The molecule has 6 nitrogen and oxygen atoms in total. The van der Waals surface area contributed by atoms with Gasteiger partial charge in [-0.15, -0.1) is 0 Å². The summed E-state index contributed by atoms with van der Waals surface area (Å²) in [6, 6.07) is 13.3. The van der Waals surface area contributed by atoms with Crippen LogP contribution in [-0.4, -0.2) is 32.3 Å². The Balaban J connectivity index is 1.82. The Morgan fingerprint density at radius 2 is 2.07 bits per heavy atom. The Morgan fingerprint density at radius 1 is 1.23 bits per heavy atom. The lowest BCUT2D eigenvalue weighted by atomic mass is 10.1. The summed E-state index contributed by atoms with van der Waals surface area (Å²) in [7, 11) is 1.59. The molecule has 0 aliphatic carbocycles. The second-order valence-electron chi connectivity index (χ2n) is 7.52. The molecule has 1 unspecified atom stereocenters. The predicted octanol–water partition coefficient (Wildman–Crippen LogP) is 4.20. The van der Waals surface area contributed by atoms with Gasteiger partial charge in [-0.3, -0.25) is 4.79 Å². The van der Waals surface area contributed by atoms with Crippen molar-refractivity contribution in [2.45, 2.75) is 32.8 Å². The fourth-order valence-corrected chi connectivity index (χ4v) is 3.60. The predicted molar refractivity (Wildman–Crippen MR) is 115 cm³/mol. The maximum Gasteiger partial charge on any atom is 0.256 e. The lowest BCUT2D eigenvalue weighted by molar-refractivity contribution is 0.0854. The lowest BCUT2D eigenvalue weighted by Crippen LogP contribution is -2.34. The highest BCUT2D eigenvalue weighted by Crippen LogP contribution is 2.26. The zero-order chi connectivity index (χ0) is 21.1. The van der Waals surface area contributed by atoms with Crippen molar-refractivity contribution in [3.63, 3.8) is 0 Å². The Morgan fingerprint density at radius 3 is 2.83 bits per heavy atom. The molecule has 1 aromatic heterocycles. The summed E-state index contributed by atoms with van der Waals surface area (Å²) < 4.78 is 17.2. The van der Waals surface area contributed by atoms with Gasteiger partial charge in [-0.2, -0.15) is 0 Å². The van der Waals surface area contributed by atoms with E-state index in [2.05, 4.69) is 5.32 Å². The molecule has 6 heteroatoms. The number of rotatable bonds is 5. The third-order valence-corrected chi connectivity index (χ3v) is 5.52. The van der Waals surface area contributed by atoms with Gasteiger partial charge in [0.1, 0.15) is 5.56 Å². The van der Waals surface area contributed by atoms with Crippen molar-refractivity contribution in [2.75, 3.05) is 20.3 Å². The average molecular weight is 406 g/mol. The SMILES string of the molecule is COc1cccc2cc(C(=O)NCC3CCCO3)c(=Nc3cccc(C)c3C)oc12. The van der Waals surface area contributed by atoms with E-state index in [1.54, 1.807) is 13.2 Å². The van der Waals surface area contributed by atoms with Gasteiger partial charge < -0.3 is 19.2 Å². The summed E-state index contributed by atoms with van der Waals surface area (Å²) in [4.78, 5) is 17.8. The van der Waals surface area contributed by atoms with E-state index in [0.29, 0.717) is 23.4 Å². The summed E-state index contributed by atoms with van der Waals surface area (Å²) in [5.74, 6) is 0.360. The second kappa shape index (κ2) is 8.71. The number of hydrogen-bond donors (Lipinski definition) is 1. The highest BCUT2D eigenvalue weighted by Gasteiger charge is 2.19. The molecule has 1 aliphatic heterocycles. The van der Waals surface area contributed by atoms with E-state index in [4.69, 9.17) is 18.9 Å². The topological polar surface area (TPSA) is 73.1 Å². The standard InChI is InChI=1S/C24H26N2O4/c1-15-7-4-10-20(16(15)2)26-24-19(23(27)25-14-18-9-6-12-29-18)13-17-8-5-11-21(28-3)22(17)30-24/h4-5,7-8,10-11,13,18H,6,9,12,14H2,1-3H3,(H,25,27). The molecule has 0 radical (unpaired) electrons. The van der Waals surface area contributed by atoms with Crippen molar-refractivity contribution in [3.05, 3.63) is 64.7 Å². The zero-order valence-electron chi connectivity index (χ0n) is 17.5. The summed E-state index contributed by atoms with van der Waals surface area (Å²) in [6.45, 7) is 5.26. The molecule has 156 valence electrons. The van der Waals surface area contributed by atoms with Crippen LogP contribution in [0.4, 0.5) is 5.69 Å². The van der Waals surface area contributed by atoms with Gasteiger partial charge in [0.05, 0.1) is 18.9 Å². The molecule has 1 saturated heterocycles. The van der Waals surface area contributed by atoms with E-state index in [1.165, 1.54) is 0 Å². The van der Waals surface area contributed by atoms with Gasteiger partial charge >= 0.3 is 0 Å². The summed E-state index contributed by atoms with van der Waals surface area (Å²) in [5.41, 5.74) is 4.12. The molecular formula is C24H26N2O4. The van der Waals surface area contributed by atoms with Crippen molar-refractivity contribution < 1.29 is 18.7 Å². The first kappa shape index (κ1) is 20.2. The van der Waals surface area contributed by atoms with Gasteiger partial charge in [-0.25, -0.2) is 4.99 Å². The monoisotopic (exact) mass is 406 g/mol. The molecule has 1 amide bonds. The molecule has 0 spiro atoms. The number of hydrogen-bond acceptors (Lipinski definition) is 5. The average Bonchev–Trinajstić information content (AvgIpc) is 3.28. The minimum atomic E-state index is -0.233. The van der Waals surface area contributed by atoms with E-state index >= 15 is 0 Å². The zero-order valence-corrected chi connectivity index (χ0v) is 17.5. The molecule has 30 heavy (non-hydrogen) atoms. The molecule has 1 atom stereocenters. The number of nitrogens with one attached hydrogen (secondary N) is 1. The van der Waals surface area contributed by atoms with Crippen LogP contribution >= 0.6 is 0 Å². The van der Waals surface area contributed by atoms with Crippen LogP contribution in [0.25, 0.3) is 11.0 Å². The minimum absolute atomic E-state index is 0.0610. The van der Waals surface area contributed by atoms with Crippen LogP contribution in [0.1, 0.15) is 34.3 Å². The lowest BCUT2D eigenvalue weighted by Gasteiger charge is -2.12. The van der Waals surface area contributed by atoms with Crippen LogP contribution in [0, 0.1) is 13.8 Å². The van der Waals surface area contributed by atoms with E-state index in [0.717, 1.165) is 41.6 Å². The molecule has 2 aromatic carbocycles. The van der Waals surface area contributed by atoms with Crippen LogP contribution in [0.5, 0.6) is 5.75 Å². The fraction of sp³-hybridized carbons (Fsp3) is 0.333.